The molecule has 2 heterocycles. The van der Waals surface area contributed by atoms with Gasteiger partial charge in [0.25, 0.3) is 0 Å². The third-order valence-corrected chi connectivity index (χ3v) is 3.76. The fourth-order valence-corrected chi connectivity index (χ4v) is 2.53. The highest BCUT2D eigenvalue weighted by Crippen LogP contribution is 2.25. The molecule has 0 spiro atoms. The number of rotatable bonds is 3. The minimum Gasteiger partial charge on any atom is -0.378 e. The number of morpholine rings is 1. The van der Waals surface area contributed by atoms with Gasteiger partial charge in [0.2, 0.25) is 0 Å². The predicted molar refractivity (Wildman–Crippen MR) is 87.0 cm³/mol. The molecule has 1 aromatic heterocycles. The lowest BCUT2D eigenvalue weighted by Gasteiger charge is -2.29. The summed E-state index contributed by atoms with van der Waals surface area (Å²) in [5.41, 5.74) is 3.61. The highest BCUT2D eigenvalue weighted by molar-refractivity contribution is 5.68. The van der Waals surface area contributed by atoms with E-state index in [1.165, 1.54) is 11.3 Å². The second kappa shape index (κ2) is 6.14. The summed E-state index contributed by atoms with van der Waals surface area (Å²) in [6, 6.07) is 12.8. The topological polar surface area (TPSA) is 28.6 Å². The number of aromatic nitrogens is 1. The van der Waals surface area contributed by atoms with Crippen LogP contribution in [-0.4, -0.2) is 45.4 Å². The van der Waals surface area contributed by atoms with Crippen molar-refractivity contribution < 1.29 is 4.74 Å². The summed E-state index contributed by atoms with van der Waals surface area (Å²) in [7, 11) is 4.00. The Kier molecular flexibility index (Phi) is 4.06. The van der Waals surface area contributed by atoms with Crippen LogP contribution in [0.2, 0.25) is 0 Å². The van der Waals surface area contributed by atoms with Crippen LogP contribution < -0.4 is 9.80 Å². The SMILES string of the molecule is CN(C)c1ccc(-c2cccc(N3CCOCC3)c2)cn1. The Labute approximate surface area is 126 Å². The number of benzene rings is 1. The van der Waals surface area contributed by atoms with E-state index in [4.69, 9.17) is 4.74 Å². The van der Waals surface area contributed by atoms with Gasteiger partial charge in [0.1, 0.15) is 5.82 Å². The molecule has 0 aliphatic carbocycles. The third kappa shape index (κ3) is 3.16. The van der Waals surface area contributed by atoms with Gasteiger partial charge in [-0.2, -0.15) is 0 Å². The van der Waals surface area contributed by atoms with Gasteiger partial charge < -0.3 is 14.5 Å². The summed E-state index contributed by atoms with van der Waals surface area (Å²) < 4.78 is 5.42. The monoisotopic (exact) mass is 283 g/mol. The molecule has 21 heavy (non-hydrogen) atoms. The van der Waals surface area contributed by atoms with E-state index >= 15 is 0 Å². The zero-order valence-electron chi connectivity index (χ0n) is 12.6. The fourth-order valence-electron chi connectivity index (χ4n) is 2.53. The van der Waals surface area contributed by atoms with Crippen LogP contribution in [0.1, 0.15) is 0 Å². The van der Waals surface area contributed by atoms with Gasteiger partial charge in [0.05, 0.1) is 13.2 Å². The summed E-state index contributed by atoms with van der Waals surface area (Å²) in [4.78, 5) is 8.87. The zero-order valence-corrected chi connectivity index (χ0v) is 12.6. The van der Waals surface area contributed by atoms with E-state index < -0.39 is 0 Å². The number of anilines is 2. The van der Waals surface area contributed by atoms with Gasteiger partial charge in [-0.3, -0.25) is 0 Å². The molecule has 3 rings (SSSR count). The molecule has 0 saturated carbocycles. The van der Waals surface area contributed by atoms with Crippen molar-refractivity contribution in [1.29, 1.82) is 0 Å². The number of nitrogens with zero attached hydrogens (tertiary/aromatic N) is 3. The van der Waals surface area contributed by atoms with Crippen LogP contribution in [0.4, 0.5) is 11.5 Å². The zero-order chi connectivity index (χ0) is 14.7. The summed E-state index contributed by atoms with van der Waals surface area (Å²) in [5.74, 6) is 0.975. The van der Waals surface area contributed by atoms with Crippen LogP contribution in [-0.2, 0) is 4.74 Å². The smallest absolute Gasteiger partial charge is 0.127 e. The van der Waals surface area contributed by atoms with Gasteiger partial charge in [0, 0.05) is 44.6 Å². The summed E-state index contributed by atoms with van der Waals surface area (Å²) >= 11 is 0. The van der Waals surface area contributed by atoms with Gasteiger partial charge >= 0.3 is 0 Å². The van der Waals surface area contributed by atoms with E-state index in [1.54, 1.807) is 0 Å². The molecule has 1 saturated heterocycles. The van der Waals surface area contributed by atoms with E-state index in [0.717, 1.165) is 37.7 Å². The van der Waals surface area contributed by atoms with Crippen LogP contribution >= 0.6 is 0 Å². The molecular weight excluding hydrogens is 262 g/mol. The van der Waals surface area contributed by atoms with Gasteiger partial charge in [0.15, 0.2) is 0 Å². The van der Waals surface area contributed by atoms with Crippen molar-refractivity contribution >= 4 is 11.5 Å². The van der Waals surface area contributed by atoms with E-state index in [1.807, 2.05) is 25.2 Å². The maximum Gasteiger partial charge on any atom is 0.127 e. The molecule has 2 aromatic rings. The second-order valence-corrected chi connectivity index (χ2v) is 5.45. The van der Waals surface area contributed by atoms with E-state index in [0.29, 0.717) is 0 Å². The maximum atomic E-state index is 5.42. The molecule has 1 aliphatic heterocycles. The van der Waals surface area contributed by atoms with Crippen molar-refractivity contribution in [2.75, 3.05) is 50.2 Å². The minimum absolute atomic E-state index is 0.809. The molecule has 110 valence electrons. The number of hydrogen-bond donors (Lipinski definition) is 0. The highest BCUT2D eigenvalue weighted by Gasteiger charge is 2.11. The number of hydrogen-bond acceptors (Lipinski definition) is 4. The molecule has 1 fully saturated rings. The summed E-state index contributed by atoms with van der Waals surface area (Å²) in [5, 5.41) is 0. The number of ether oxygens (including phenoxy) is 1. The highest BCUT2D eigenvalue weighted by atomic mass is 16.5. The van der Waals surface area contributed by atoms with Crippen molar-refractivity contribution in [3.63, 3.8) is 0 Å². The van der Waals surface area contributed by atoms with E-state index in [-0.39, 0.29) is 0 Å². The maximum absolute atomic E-state index is 5.42. The molecule has 0 radical (unpaired) electrons. The summed E-state index contributed by atoms with van der Waals surface area (Å²) in [6.07, 6.45) is 1.94. The molecule has 4 heteroatoms. The lowest BCUT2D eigenvalue weighted by Crippen LogP contribution is -2.36. The minimum atomic E-state index is 0.809. The van der Waals surface area contributed by atoms with E-state index in [2.05, 4.69) is 46.3 Å². The molecule has 0 unspecified atom stereocenters. The van der Waals surface area contributed by atoms with Crippen LogP contribution in [0, 0.1) is 0 Å². The first kappa shape index (κ1) is 13.9. The quantitative estimate of drug-likeness (QED) is 0.866. The largest absolute Gasteiger partial charge is 0.378 e. The van der Waals surface area contributed by atoms with Crippen LogP contribution in [0.15, 0.2) is 42.6 Å². The van der Waals surface area contributed by atoms with Crippen LogP contribution in [0.25, 0.3) is 11.1 Å². The average molecular weight is 283 g/mol. The molecule has 1 aliphatic rings. The Balaban J connectivity index is 1.84. The first-order valence-corrected chi connectivity index (χ1v) is 7.30. The first-order chi connectivity index (χ1) is 10.2. The Morgan fingerprint density at radius 1 is 1.05 bits per heavy atom. The molecule has 1 aromatic carbocycles. The lowest BCUT2D eigenvalue weighted by molar-refractivity contribution is 0.122. The third-order valence-electron chi connectivity index (χ3n) is 3.76. The average Bonchev–Trinajstić information content (AvgIpc) is 2.56. The van der Waals surface area contributed by atoms with E-state index in [9.17, 15) is 0 Å². The summed E-state index contributed by atoms with van der Waals surface area (Å²) in [6.45, 7) is 3.54. The molecule has 0 N–H and O–H groups in total. The van der Waals surface area contributed by atoms with Crippen molar-refractivity contribution in [3.05, 3.63) is 42.6 Å². The second-order valence-electron chi connectivity index (χ2n) is 5.45. The van der Waals surface area contributed by atoms with Gasteiger partial charge in [-0.15, -0.1) is 0 Å². The van der Waals surface area contributed by atoms with Crippen molar-refractivity contribution in [2.45, 2.75) is 0 Å². The van der Waals surface area contributed by atoms with Gasteiger partial charge in [-0.05, 0) is 29.8 Å². The predicted octanol–water partition coefficient (Wildman–Crippen LogP) is 2.65. The van der Waals surface area contributed by atoms with Crippen molar-refractivity contribution in [2.24, 2.45) is 0 Å². The van der Waals surface area contributed by atoms with Crippen molar-refractivity contribution in [1.82, 2.24) is 4.98 Å². The Hall–Kier alpha value is -2.07. The Morgan fingerprint density at radius 2 is 1.86 bits per heavy atom. The molecule has 0 bridgehead atoms. The first-order valence-electron chi connectivity index (χ1n) is 7.30. The Morgan fingerprint density at radius 3 is 2.52 bits per heavy atom. The standard InChI is InChI=1S/C17H21N3O/c1-19(2)17-7-6-15(13-18-17)14-4-3-5-16(12-14)20-8-10-21-11-9-20/h3-7,12-13H,8-11H2,1-2H3. The van der Waals surface area contributed by atoms with Crippen LogP contribution in [0.5, 0.6) is 0 Å². The lowest BCUT2D eigenvalue weighted by atomic mass is 10.1. The van der Waals surface area contributed by atoms with Gasteiger partial charge in [-0.25, -0.2) is 4.98 Å². The number of pyridine rings is 1. The van der Waals surface area contributed by atoms with Crippen LogP contribution in [0.3, 0.4) is 0 Å². The fraction of sp³-hybridized carbons (Fsp3) is 0.353. The molecule has 4 nitrogen and oxygen atoms in total. The molecular formula is C17H21N3O. The molecule has 0 atom stereocenters. The Bertz CT molecular complexity index is 589. The van der Waals surface area contributed by atoms with Crippen molar-refractivity contribution in [3.8, 4) is 11.1 Å². The normalized spacial score (nSPS) is 15.0. The molecule has 0 amide bonds. The van der Waals surface area contributed by atoms with Gasteiger partial charge in [-0.1, -0.05) is 12.1 Å².